The van der Waals surface area contributed by atoms with Gasteiger partial charge in [0.2, 0.25) is 0 Å². The molecule has 0 amide bonds. The Bertz CT molecular complexity index is 388. The molecule has 0 spiro atoms. The highest BCUT2D eigenvalue weighted by atomic mass is 15.3. The summed E-state index contributed by atoms with van der Waals surface area (Å²) in [7, 11) is 0. The molecule has 1 aromatic carbocycles. The molecule has 1 heterocycles. The lowest BCUT2D eigenvalue weighted by atomic mass is 9.99. The number of nitrogens with zero attached hydrogens (tertiary/aromatic N) is 1. The Morgan fingerprint density at radius 1 is 1.50 bits per heavy atom. The average molecular weight is 218 g/mol. The van der Waals surface area contributed by atoms with Crippen LogP contribution in [0.4, 0.5) is 0 Å². The Kier molecular flexibility index (Phi) is 3.10. The van der Waals surface area contributed by atoms with Gasteiger partial charge in [-0.2, -0.15) is 0 Å². The fraction of sp³-hybridized carbons (Fsp3) is 0.417. The maximum atomic E-state index is 7.61. The molecule has 1 aromatic rings. The Balaban J connectivity index is 2.30. The molecular weight excluding hydrogens is 200 g/mol. The standard InChI is InChI=1S/C12H18N4/c1-9-4-2-3-5-10(9)11-8-15-6-7-16(11)12(13)14/h2-5,11,15H,6-8H2,1H3,(H3,13,14). The lowest BCUT2D eigenvalue weighted by Gasteiger charge is -2.37. The Hall–Kier alpha value is -1.55. The van der Waals surface area contributed by atoms with Gasteiger partial charge in [0.05, 0.1) is 6.04 Å². The van der Waals surface area contributed by atoms with Crippen LogP contribution >= 0.6 is 0 Å². The van der Waals surface area contributed by atoms with Crippen molar-refractivity contribution in [2.45, 2.75) is 13.0 Å². The number of hydrogen-bond donors (Lipinski definition) is 3. The number of rotatable bonds is 1. The van der Waals surface area contributed by atoms with E-state index in [2.05, 4.69) is 24.4 Å². The van der Waals surface area contributed by atoms with E-state index in [0.29, 0.717) is 0 Å². The molecule has 86 valence electrons. The van der Waals surface area contributed by atoms with E-state index in [0.717, 1.165) is 19.6 Å². The molecule has 0 bridgehead atoms. The van der Waals surface area contributed by atoms with E-state index in [-0.39, 0.29) is 12.0 Å². The molecule has 0 aliphatic carbocycles. The maximum Gasteiger partial charge on any atom is 0.188 e. The Morgan fingerprint density at radius 2 is 2.25 bits per heavy atom. The van der Waals surface area contributed by atoms with Gasteiger partial charge in [0.25, 0.3) is 0 Å². The first kappa shape index (κ1) is 11.0. The van der Waals surface area contributed by atoms with Gasteiger partial charge in [0.15, 0.2) is 5.96 Å². The van der Waals surface area contributed by atoms with E-state index in [9.17, 15) is 0 Å². The summed E-state index contributed by atoms with van der Waals surface area (Å²) in [6.45, 7) is 4.64. The predicted molar refractivity (Wildman–Crippen MR) is 65.4 cm³/mol. The zero-order valence-electron chi connectivity index (χ0n) is 9.53. The molecule has 4 N–H and O–H groups in total. The fourth-order valence-electron chi connectivity index (χ4n) is 2.23. The van der Waals surface area contributed by atoms with E-state index in [1.807, 2.05) is 17.0 Å². The molecular formula is C12H18N4. The van der Waals surface area contributed by atoms with Gasteiger partial charge >= 0.3 is 0 Å². The van der Waals surface area contributed by atoms with E-state index >= 15 is 0 Å². The summed E-state index contributed by atoms with van der Waals surface area (Å²) in [6, 6.07) is 8.47. The summed E-state index contributed by atoms with van der Waals surface area (Å²) in [4.78, 5) is 1.96. The van der Waals surface area contributed by atoms with Crippen molar-refractivity contribution < 1.29 is 0 Å². The van der Waals surface area contributed by atoms with Crippen molar-refractivity contribution in [1.82, 2.24) is 10.2 Å². The van der Waals surface area contributed by atoms with Crippen molar-refractivity contribution in [3.8, 4) is 0 Å². The third-order valence-corrected chi connectivity index (χ3v) is 3.10. The molecule has 1 saturated heterocycles. The number of nitrogens with one attached hydrogen (secondary N) is 2. The van der Waals surface area contributed by atoms with Gasteiger partial charge in [-0.05, 0) is 18.1 Å². The molecule has 0 radical (unpaired) electrons. The number of benzene rings is 1. The van der Waals surface area contributed by atoms with Crippen LogP contribution in [0.5, 0.6) is 0 Å². The molecule has 1 aliphatic heterocycles. The first-order valence-corrected chi connectivity index (χ1v) is 5.57. The van der Waals surface area contributed by atoms with Gasteiger partial charge in [-0.3, -0.25) is 5.41 Å². The number of nitrogens with two attached hydrogens (primary N) is 1. The smallest absolute Gasteiger partial charge is 0.188 e. The number of guanidine groups is 1. The van der Waals surface area contributed by atoms with Crippen LogP contribution in [0, 0.1) is 12.3 Å². The van der Waals surface area contributed by atoms with Crippen LogP contribution in [0.1, 0.15) is 17.2 Å². The fourth-order valence-corrected chi connectivity index (χ4v) is 2.23. The van der Waals surface area contributed by atoms with Crippen molar-refractivity contribution in [1.29, 1.82) is 5.41 Å². The molecule has 1 atom stereocenters. The van der Waals surface area contributed by atoms with Gasteiger partial charge in [0.1, 0.15) is 0 Å². The first-order chi connectivity index (χ1) is 7.70. The van der Waals surface area contributed by atoms with Crippen LogP contribution in [-0.4, -0.2) is 30.5 Å². The highest BCUT2D eigenvalue weighted by molar-refractivity contribution is 5.75. The molecule has 1 aliphatic rings. The number of piperazine rings is 1. The van der Waals surface area contributed by atoms with Crippen molar-refractivity contribution in [3.63, 3.8) is 0 Å². The van der Waals surface area contributed by atoms with E-state index < -0.39 is 0 Å². The Labute approximate surface area is 96.0 Å². The normalized spacial score (nSPS) is 20.8. The summed E-state index contributed by atoms with van der Waals surface area (Å²) in [5.41, 5.74) is 8.13. The van der Waals surface area contributed by atoms with Crippen LogP contribution in [0.15, 0.2) is 24.3 Å². The second kappa shape index (κ2) is 4.53. The lowest BCUT2D eigenvalue weighted by molar-refractivity contribution is 0.256. The molecule has 0 saturated carbocycles. The largest absolute Gasteiger partial charge is 0.370 e. The van der Waals surface area contributed by atoms with Gasteiger partial charge in [-0.15, -0.1) is 0 Å². The van der Waals surface area contributed by atoms with Crippen LogP contribution in [0.3, 0.4) is 0 Å². The molecule has 4 heteroatoms. The van der Waals surface area contributed by atoms with Crippen molar-refractivity contribution in [2.24, 2.45) is 5.73 Å². The minimum atomic E-state index is 0.162. The first-order valence-electron chi connectivity index (χ1n) is 5.57. The second-order valence-electron chi connectivity index (χ2n) is 4.16. The zero-order chi connectivity index (χ0) is 11.5. The van der Waals surface area contributed by atoms with E-state index in [1.165, 1.54) is 11.1 Å². The molecule has 1 unspecified atom stereocenters. The van der Waals surface area contributed by atoms with Crippen LogP contribution < -0.4 is 11.1 Å². The summed E-state index contributed by atoms with van der Waals surface area (Å²) in [5.74, 6) is 0.162. The quantitative estimate of drug-likeness (QED) is 0.483. The van der Waals surface area contributed by atoms with E-state index in [4.69, 9.17) is 11.1 Å². The van der Waals surface area contributed by atoms with Crippen LogP contribution in [0.2, 0.25) is 0 Å². The topological polar surface area (TPSA) is 65.1 Å². The summed E-state index contributed by atoms with van der Waals surface area (Å²) < 4.78 is 0. The van der Waals surface area contributed by atoms with E-state index in [1.54, 1.807) is 0 Å². The number of hydrogen-bond acceptors (Lipinski definition) is 2. The Morgan fingerprint density at radius 3 is 2.94 bits per heavy atom. The molecule has 2 rings (SSSR count). The van der Waals surface area contributed by atoms with Crippen molar-refractivity contribution in [2.75, 3.05) is 19.6 Å². The minimum Gasteiger partial charge on any atom is -0.370 e. The minimum absolute atomic E-state index is 0.162. The van der Waals surface area contributed by atoms with Gasteiger partial charge in [-0.25, -0.2) is 0 Å². The summed E-state index contributed by atoms with van der Waals surface area (Å²) >= 11 is 0. The van der Waals surface area contributed by atoms with Crippen molar-refractivity contribution in [3.05, 3.63) is 35.4 Å². The highest BCUT2D eigenvalue weighted by Gasteiger charge is 2.25. The monoisotopic (exact) mass is 218 g/mol. The molecule has 1 fully saturated rings. The molecule has 16 heavy (non-hydrogen) atoms. The lowest BCUT2D eigenvalue weighted by Crippen LogP contribution is -2.51. The van der Waals surface area contributed by atoms with Crippen LogP contribution in [0.25, 0.3) is 0 Å². The zero-order valence-corrected chi connectivity index (χ0v) is 9.53. The van der Waals surface area contributed by atoms with Gasteiger partial charge in [-0.1, -0.05) is 24.3 Å². The summed E-state index contributed by atoms with van der Waals surface area (Å²) in [6.07, 6.45) is 0. The maximum absolute atomic E-state index is 7.61. The van der Waals surface area contributed by atoms with Gasteiger partial charge < -0.3 is 16.0 Å². The number of aryl methyl sites for hydroxylation is 1. The van der Waals surface area contributed by atoms with Gasteiger partial charge in [0, 0.05) is 19.6 Å². The summed E-state index contributed by atoms with van der Waals surface area (Å²) in [5, 5.41) is 11.0. The average Bonchev–Trinajstić information content (AvgIpc) is 2.29. The third-order valence-electron chi connectivity index (χ3n) is 3.10. The van der Waals surface area contributed by atoms with Crippen molar-refractivity contribution >= 4 is 5.96 Å². The predicted octanol–water partition coefficient (Wildman–Crippen LogP) is 0.835. The third kappa shape index (κ3) is 2.02. The SMILES string of the molecule is Cc1ccccc1C1CNCCN1C(=N)N. The molecule has 4 nitrogen and oxygen atoms in total. The highest BCUT2D eigenvalue weighted by Crippen LogP contribution is 2.24. The van der Waals surface area contributed by atoms with Crippen LogP contribution in [-0.2, 0) is 0 Å². The molecule has 0 aromatic heterocycles. The second-order valence-corrected chi connectivity index (χ2v) is 4.16.